The first-order chi connectivity index (χ1) is 24.8. The number of aromatic nitrogens is 5. The van der Waals surface area contributed by atoms with Gasteiger partial charge in [0.1, 0.15) is 0 Å². The summed E-state index contributed by atoms with van der Waals surface area (Å²) in [5, 5.41) is 3.37. The lowest BCUT2D eigenvalue weighted by atomic mass is 10.00. The standard InChI is InChI=1S/C45H29N5/c1-3-11-30(12-4-1)31-19-21-32(22-20-31)40-29-42(50-45(49-40)33-13-5-2-6-14-33)41-27-34(23-25-46-41)35-24-26-47-43(28-35)44-38-17-8-7-15-36(38)37-16-9-10-18-39(37)48-44/h1-29H. The van der Waals surface area contributed by atoms with E-state index >= 15 is 0 Å². The van der Waals surface area contributed by atoms with Crippen LogP contribution in [0.4, 0.5) is 0 Å². The van der Waals surface area contributed by atoms with Crippen molar-refractivity contribution in [2.24, 2.45) is 0 Å². The summed E-state index contributed by atoms with van der Waals surface area (Å²) in [6, 6.07) is 55.9. The van der Waals surface area contributed by atoms with Crippen molar-refractivity contribution >= 4 is 21.7 Å². The number of nitrogens with zero attached hydrogens (tertiary/aromatic N) is 5. The van der Waals surface area contributed by atoms with Crippen molar-refractivity contribution in [1.29, 1.82) is 0 Å². The predicted octanol–water partition coefficient (Wildman–Crippen LogP) is 11.0. The molecule has 50 heavy (non-hydrogen) atoms. The lowest BCUT2D eigenvalue weighted by Crippen LogP contribution is -1.97. The van der Waals surface area contributed by atoms with E-state index in [0.717, 1.165) is 78.0 Å². The van der Waals surface area contributed by atoms with Crippen LogP contribution in [0.5, 0.6) is 0 Å². The van der Waals surface area contributed by atoms with E-state index < -0.39 is 0 Å². The number of para-hydroxylation sites is 1. The number of benzene rings is 5. The lowest BCUT2D eigenvalue weighted by Gasteiger charge is -2.12. The molecule has 0 aliphatic rings. The molecule has 0 aliphatic carbocycles. The largest absolute Gasteiger partial charge is 0.255 e. The van der Waals surface area contributed by atoms with Gasteiger partial charge in [-0.05, 0) is 64.0 Å². The van der Waals surface area contributed by atoms with Crippen LogP contribution >= 0.6 is 0 Å². The van der Waals surface area contributed by atoms with Gasteiger partial charge in [-0.25, -0.2) is 15.0 Å². The molecule has 0 saturated carbocycles. The lowest BCUT2D eigenvalue weighted by molar-refractivity contribution is 1.16. The van der Waals surface area contributed by atoms with Crippen molar-refractivity contribution in [3.63, 3.8) is 0 Å². The van der Waals surface area contributed by atoms with E-state index in [1.165, 1.54) is 5.56 Å². The highest BCUT2D eigenvalue weighted by Gasteiger charge is 2.15. The van der Waals surface area contributed by atoms with E-state index in [1.54, 1.807) is 0 Å². The molecule has 0 saturated heterocycles. The number of rotatable bonds is 6. The first-order valence-corrected chi connectivity index (χ1v) is 16.6. The topological polar surface area (TPSA) is 64.5 Å². The molecule has 5 heteroatoms. The zero-order valence-electron chi connectivity index (χ0n) is 27.0. The summed E-state index contributed by atoms with van der Waals surface area (Å²) in [7, 11) is 0. The van der Waals surface area contributed by atoms with Gasteiger partial charge in [0, 0.05) is 34.3 Å². The van der Waals surface area contributed by atoms with Crippen molar-refractivity contribution in [2.75, 3.05) is 0 Å². The maximum Gasteiger partial charge on any atom is 0.160 e. The minimum absolute atomic E-state index is 0.651. The highest BCUT2D eigenvalue weighted by Crippen LogP contribution is 2.34. The quantitative estimate of drug-likeness (QED) is 0.169. The fraction of sp³-hybridized carbons (Fsp3) is 0. The zero-order valence-corrected chi connectivity index (χ0v) is 27.0. The third kappa shape index (κ3) is 5.57. The molecule has 0 radical (unpaired) electrons. The van der Waals surface area contributed by atoms with Crippen molar-refractivity contribution in [3.05, 3.63) is 176 Å². The number of fused-ring (bicyclic) bond motifs is 3. The average molecular weight is 640 g/mol. The van der Waals surface area contributed by atoms with Crippen LogP contribution in [0.3, 0.4) is 0 Å². The third-order valence-corrected chi connectivity index (χ3v) is 9.01. The molecule has 0 N–H and O–H groups in total. The van der Waals surface area contributed by atoms with Crippen LogP contribution in [0.1, 0.15) is 0 Å². The average Bonchev–Trinajstić information content (AvgIpc) is 3.21. The molecule has 9 aromatic rings. The molecule has 0 spiro atoms. The van der Waals surface area contributed by atoms with Gasteiger partial charge in [-0.15, -0.1) is 0 Å². The Balaban J connectivity index is 1.13. The van der Waals surface area contributed by atoms with Crippen LogP contribution in [0.25, 0.3) is 89.4 Å². The SMILES string of the molecule is c1ccc(-c2ccc(-c3cc(-c4cc(-c5ccnc(-c6nc7ccccc7c7ccccc67)c5)ccn4)nc(-c4ccccc4)n3)cc2)cc1. The Bertz CT molecular complexity index is 2640. The Hall–Kier alpha value is -6.85. The second kappa shape index (κ2) is 12.6. The van der Waals surface area contributed by atoms with Gasteiger partial charge in [-0.1, -0.05) is 127 Å². The normalized spacial score (nSPS) is 11.2. The van der Waals surface area contributed by atoms with Gasteiger partial charge in [0.25, 0.3) is 0 Å². The van der Waals surface area contributed by atoms with E-state index in [0.29, 0.717) is 5.82 Å². The molecule has 234 valence electrons. The molecule has 0 amide bonds. The minimum atomic E-state index is 0.651. The fourth-order valence-corrected chi connectivity index (χ4v) is 6.50. The Morgan fingerprint density at radius 1 is 0.300 bits per heavy atom. The smallest absolute Gasteiger partial charge is 0.160 e. The first kappa shape index (κ1) is 29.3. The van der Waals surface area contributed by atoms with Crippen LogP contribution in [0, 0.1) is 0 Å². The molecule has 0 aliphatic heterocycles. The van der Waals surface area contributed by atoms with Gasteiger partial charge in [0.05, 0.1) is 34.0 Å². The zero-order chi connectivity index (χ0) is 33.3. The molecule has 5 nitrogen and oxygen atoms in total. The molecule has 5 aromatic carbocycles. The van der Waals surface area contributed by atoms with E-state index in [2.05, 4.69) is 103 Å². The summed E-state index contributed by atoms with van der Waals surface area (Å²) >= 11 is 0. The summed E-state index contributed by atoms with van der Waals surface area (Å²) in [6.45, 7) is 0. The molecule has 9 rings (SSSR count). The maximum absolute atomic E-state index is 5.08. The number of hydrogen-bond acceptors (Lipinski definition) is 5. The molecule has 0 atom stereocenters. The van der Waals surface area contributed by atoms with Crippen molar-refractivity contribution in [3.8, 4) is 67.7 Å². The molecule has 4 aromatic heterocycles. The van der Waals surface area contributed by atoms with E-state index in [-0.39, 0.29) is 0 Å². The highest BCUT2D eigenvalue weighted by atomic mass is 14.9. The Morgan fingerprint density at radius 3 is 1.58 bits per heavy atom. The number of hydrogen-bond donors (Lipinski definition) is 0. The van der Waals surface area contributed by atoms with Gasteiger partial charge in [0.15, 0.2) is 5.82 Å². The van der Waals surface area contributed by atoms with Gasteiger partial charge < -0.3 is 0 Å². The van der Waals surface area contributed by atoms with Crippen molar-refractivity contribution in [1.82, 2.24) is 24.9 Å². The van der Waals surface area contributed by atoms with Gasteiger partial charge in [-0.3, -0.25) is 9.97 Å². The van der Waals surface area contributed by atoms with Crippen LogP contribution in [0.2, 0.25) is 0 Å². The van der Waals surface area contributed by atoms with E-state index in [1.807, 2.05) is 73.1 Å². The van der Waals surface area contributed by atoms with Gasteiger partial charge in [0.2, 0.25) is 0 Å². The van der Waals surface area contributed by atoms with Gasteiger partial charge >= 0.3 is 0 Å². The monoisotopic (exact) mass is 639 g/mol. The Labute approximate surface area is 289 Å². The van der Waals surface area contributed by atoms with E-state index in [4.69, 9.17) is 24.9 Å². The second-order valence-corrected chi connectivity index (χ2v) is 12.2. The van der Waals surface area contributed by atoms with Crippen molar-refractivity contribution < 1.29 is 0 Å². The molecule has 0 unspecified atom stereocenters. The Kier molecular flexibility index (Phi) is 7.41. The summed E-state index contributed by atoms with van der Waals surface area (Å²) in [5.74, 6) is 0.651. The van der Waals surface area contributed by atoms with Crippen LogP contribution in [-0.4, -0.2) is 24.9 Å². The van der Waals surface area contributed by atoms with Gasteiger partial charge in [-0.2, -0.15) is 0 Å². The third-order valence-electron chi connectivity index (χ3n) is 9.01. The fourth-order valence-electron chi connectivity index (χ4n) is 6.50. The van der Waals surface area contributed by atoms with Crippen molar-refractivity contribution in [2.45, 2.75) is 0 Å². The molecular weight excluding hydrogens is 611 g/mol. The highest BCUT2D eigenvalue weighted by molar-refractivity contribution is 6.10. The minimum Gasteiger partial charge on any atom is -0.255 e. The van der Waals surface area contributed by atoms with E-state index in [9.17, 15) is 0 Å². The maximum atomic E-state index is 5.08. The summed E-state index contributed by atoms with van der Waals surface area (Å²) in [6.07, 6.45) is 3.69. The molecular formula is C45H29N5. The number of pyridine rings is 3. The predicted molar refractivity (Wildman–Crippen MR) is 203 cm³/mol. The van der Waals surface area contributed by atoms with Crippen LogP contribution in [-0.2, 0) is 0 Å². The Morgan fingerprint density at radius 2 is 0.840 bits per heavy atom. The molecule has 0 fully saturated rings. The summed E-state index contributed by atoms with van der Waals surface area (Å²) in [4.78, 5) is 24.7. The second-order valence-electron chi connectivity index (χ2n) is 12.2. The van der Waals surface area contributed by atoms with Crippen LogP contribution in [0.15, 0.2) is 176 Å². The molecule has 0 bridgehead atoms. The summed E-state index contributed by atoms with van der Waals surface area (Å²) < 4.78 is 0. The summed E-state index contributed by atoms with van der Waals surface area (Å²) in [5.41, 5.74) is 11.3. The van der Waals surface area contributed by atoms with Crippen LogP contribution < -0.4 is 0 Å². The molecule has 4 heterocycles. The first-order valence-electron chi connectivity index (χ1n) is 16.6.